The van der Waals surface area contributed by atoms with E-state index >= 15 is 0 Å². The van der Waals surface area contributed by atoms with Crippen LogP contribution in [0.15, 0.2) is 35.7 Å². The summed E-state index contributed by atoms with van der Waals surface area (Å²) in [6.07, 6.45) is 3.82. The zero-order valence-electron chi connectivity index (χ0n) is 11.9. The smallest absolute Gasteiger partial charge is 0.0713 e. The van der Waals surface area contributed by atoms with Crippen molar-refractivity contribution in [1.82, 2.24) is 5.32 Å². The Kier molecular flexibility index (Phi) is 4.51. The molecule has 3 heteroatoms. The van der Waals surface area contributed by atoms with E-state index in [1.165, 1.54) is 36.0 Å². The number of methoxy groups -OCH3 is 1. The van der Waals surface area contributed by atoms with Gasteiger partial charge in [-0.3, -0.25) is 0 Å². The summed E-state index contributed by atoms with van der Waals surface area (Å²) in [6, 6.07) is 11.5. The Hall–Kier alpha value is -1.16. The molecule has 2 nitrogen and oxygen atoms in total. The van der Waals surface area contributed by atoms with Gasteiger partial charge in [-0.25, -0.2) is 0 Å². The monoisotopic (exact) mass is 287 g/mol. The van der Waals surface area contributed by atoms with Gasteiger partial charge >= 0.3 is 0 Å². The molecule has 1 heterocycles. The lowest BCUT2D eigenvalue weighted by Gasteiger charge is -2.24. The summed E-state index contributed by atoms with van der Waals surface area (Å²) >= 11 is 1.90. The average molecular weight is 287 g/mol. The Labute approximate surface area is 124 Å². The van der Waals surface area contributed by atoms with Crippen molar-refractivity contribution in [3.8, 4) is 0 Å². The average Bonchev–Trinajstić information content (AvgIpc) is 2.96. The molecule has 0 radical (unpaired) electrons. The van der Waals surface area contributed by atoms with Crippen LogP contribution < -0.4 is 5.32 Å². The van der Waals surface area contributed by atoms with Gasteiger partial charge in [0.25, 0.3) is 0 Å². The van der Waals surface area contributed by atoms with E-state index in [1.807, 2.05) is 11.3 Å². The Bertz CT molecular complexity index is 546. The highest BCUT2D eigenvalue weighted by Crippen LogP contribution is 2.33. The van der Waals surface area contributed by atoms with Gasteiger partial charge in [-0.1, -0.05) is 24.3 Å². The number of aryl methyl sites for hydroxylation is 1. The third-order valence-corrected chi connectivity index (χ3v) is 4.93. The van der Waals surface area contributed by atoms with Crippen molar-refractivity contribution in [3.05, 3.63) is 57.3 Å². The first-order valence-corrected chi connectivity index (χ1v) is 8.11. The Morgan fingerprint density at radius 3 is 2.80 bits per heavy atom. The van der Waals surface area contributed by atoms with Crippen LogP contribution in [0.4, 0.5) is 0 Å². The predicted octanol–water partition coefficient (Wildman–Crippen LogP) is 4.06. The Balaban J connectivity index is 1.60. The molecule has 106 valence electrons. The predicted molar refractivity (Wildman–Crippen MR) is 84.0 cm³/mol. The van der Waals surface area contributed by atoms with E-state index in [0.29, 0.717) is 12.6 Å². The highest BCUT2D eigenvalue weighted by Gasteiger charge is 2.20. The molecule has 0 spiro atoms. The summed E-state index contributed by atoms with van der Waals surface area (Å²) in [6.45, 7) is 1.63. The molecular weight excluding hydrogens is 266 g/mol. The second-order valence-electron chi connectivity index (χ2n) is 5.37. The largest absolute Gasteiger partial charge is 0.380 e. The molecule has 0 saturated carbocycles. The molecule has 3 rings (SSSR count). The summed E-state index contributed by atoms with van der Waals surface area (Å²) in [5.74, 6) is 0. The highest BCUT2D eigenvalue weighted by atomic mass is 32.1. The molecule has 1 aromatic carbocycles. The Morgan fingerprint density at radius 2 is 2.00 bits per heavy atom. The fraction of sp³-hybridized carbons (Fsp3) is 0.412. The molecule has 0 amide bonds. The maximum atomic E-state index is 5.14. The number of ether oxygens (including phenoxy) is 1. The van der Waals surface area contributed by atoms with Crippen molar-refractivity contribution in [2.45, 2.75) is 38.5 Å². The van der Waals surface area contributed by atoms with Gasteiger partial charge in [0.1, 0.15) is 0 Å². The van der Waals surface area contributed by atoms with Gasteiger partial charge in [0.15, 0.2) is 0 Å². The Morgan fingerprint density at radius 1 is 1.20 bits per heavy atom. The van der Waals surface area contributed by atoms with Crippen molar-refractivity contribution < 1.29 is 4.74 Å². The van der Waals surface area contributed by atoms with Gasteiger partial charge in [0.05, 0.1) is 6.61 Å². The van der Waals surface area contributed by atoms with Crippen LogP contribution >= 0.6 is 11.3 Å². The molecule has 1 aliphatic rings. The molecule has 1 N–H and O–H groups in total. The topological polar surface area (TPSA) is 21.3 Å². The minimum atomic E-state index is 0.531. The van der Waals surface area contributed by atoms with E-state index < -0.39 is 0 Å². The SMILES string of the molecule is COCc1ccc(CNC2CCCc3sccc32)cc1. The van der Waals surface area contributed by atoms with Crippen LogP contribution in [0.2, 0.25) is 0 Å². The van der Waals surface area contributed by atoms with Crippen LogP contribution in [0.3, 0.4) is 0 Å². The normalized spacial score (nSPS) is 17.9. The third-order valence-electron chi connectivity index (χ3n) is 3.94. The molecular formula is C17H21NOS. The van der Waals surface area contributed by atoms with E-state index in [4.69, 9.17) is 4.74 Å². The number of rotatable bonds is 5. The molecule has 1 aromatic heterocycles. The van der Waals surface area contributed by atoms with Crippen LogP contribution in [0, 0.1) is 0 Å². The minimum absolute atomic E-state index is 0.531. The van der Waals surface area contributed by atoms with Crippen molar-refractivity contribution in [2.24, 2.45) is 0 Å². The summed E-state index contributed by atoms with van der Waals surface area (Å²) in [5, 5.41) is 5.93. The first-order valence-electron chi connectivity index (χ1n) is 7.23. The lowest BCUT2D eigenvalue weighted by atomic mass is 9.94. The van der Waals surface area contributed by atoms with Gasteiger partial charge in [-0.2, -0.15) is 0 Å². The van der Waals surface area contributed by atoms with Gasteiger partial charge in [-0.05, 0) is 47.4 Å². The lowest BCUT2D eigenvalue weighted by Crippen LogP contribution is -2.23. The molecule has 0 saturated heterocycles. The van der Waals surface area contributed by atoms with Gasteiger partial charge in [-0.15, -0.1) is 11.3 Å². The first kappa shape index (κ1) is 13.8. The first-order chi connectivity index (χ1) is 9.86. The van der Waals surface area contributed by atoms with E-state index in [-0.39, 0.29) is 0 Å². The van der Waals surface area contributed by atoms with Crippen molar-refractivity contribution in [2.75, 3.05) is 7.11 Å². The molecule has 1 atom stereocenters. The summed E-state index contributed by atoms with van der Waals surface area (Å²) in [7, 11) is 1.73. The van der Waals surface area contributed by atoms with Gasteiger partial charge < -0.3 is 10.1 Å². The van der Waals surface area contributed by atoms with Crippen LogP contribution in [0.25, 0.3) is 0 Å². The van der Waals surface area contributed by atoms with Crippen LogP contribution in [-0.2, 0) is 24.3 Å². The van der Waals surface area contributed by atoms with Crippen LogP contribution in [0.5, 0.6) is 0 Å². The number of nitrogens with one attached hydrogen (secondary N) is 1. The molecule has 20 heavy (non-hydrogen) atoms. The summed E-state index contributed by atoms with van der Waals surface area (Å²) in [4.78, 5) is 1.57. The zero-order chi connectivity index (χ0) is 13.8. The van der Waals surface area contributed by atoms with E-state index in [1.54, 1.807) is 12.0 Å². The number of hydrogen-bond acceptors (Lipinski definition) is 3. The summed E-state index contributed by atoms with van der Waals surface area (Å²) in [5.41, 5.74) is 4.10. The van der Waals surface area contributed by atoms with Crippen molar-refractivity contribution in [1.29, 1.82) is 0 Å². The molecule has 1 aliphatic carbocycles. The second kappa shape index (κ2) is 6.53. The van der Waals surface area contributed by atoms with E-state index in [9.17, 15) is 0 Å². The fourth-order valence-electron chi connectivity index (χ4n) is 2.86. The molecule has 2 aromatic rings. The fourth-order valence-corrected chi connectivity index (χ4v) is 3.85. The minimum Gasteiger partial charge on any atom is -0.380 e. The number of thiophene rings is 1. The quantitative estimate of drug-likeness (QED) is 0.895. The number of benzene rings is 1. The van der Waals surface area contributed by atoms with E-state index in [0.717, 1.165) is 6.54 Å². The van der Waals surface area contributed by atoms with Crippen LogP contribution in [-0.4, -0.2) is 7.11 Å². The molecule has 0 bridgehead atoms. The molecule has 0 aliphatic heterocycles. The highest BCUT2D eigenvalue weighted by molar-refractivity contribution is 7.10. The maximum Gasteiger partial charge on any atom is 0.0713 e. The lowest BCUT2D eigenvalue weighted by molar-refractivity contribution is 0.185. The second-order valence-corrected chi connectivity index (χ2v) is 6.38. The van der Waals surface area contributed by atoms with Crippen LogP contribution in [0.1, 0.15) is 40.5 Å². The van der Waals surface area contributed by atoms with Gasteiger partial charge in [0, 0.05) is 24.6 Å². The molecule has 1 unspecified atom stereocenters. The van der Waals surface area contributed by atoms with Crippen molar-refractivity contribution in [3.63, 3.8) is 0 Å². The zero-order valence-corrected chi connectivity index (χ0v) is 12.7. The van der Waals surface area contributed by atoms with Crippen molar-refractivity contribution >= 4 is 11.3 Å². The van der Waals surface area contributed by atoms with Gasteiger partial charge in [0.2, 0.25) is 0 Å². The van der Waals surface area contributed by atoms with E-state index in [2.05, 4.69) is 41.0 Å². The number of hydrogen-bond donors (Lipinski definition) is 1. The maximum absolute atomic E-state index is 5.14. The third kappa shape index (κ3) is 3.11. The summed E-state index contributed by atoms with van der Waals surface area (Å²) < 4.78 is 5.14. The number of fused-ring (bicyclic) bond motifs is 1. The standard InChI is InChI=1S/C17H21NOS/c1-19-12-14-7-5-13(6-8-14)11-18-16-3-2-4-17-15(16)9-10-20-17/h5-10,16,18H,2-4,11-12H2,1H3. The molecule has 0 fully saturated rings.